The number of benzene rings is 1. The van der Waals surface area contributed by atoms with Crippen molar-refractivity contribution in [2.24, 2.45) is 0 Å². The first kappa shape index (κ1) is 17.4. The van der Waals surface area contributed by atoms with Crippen LogP contribution in [0.5, 0.6) is 5.75 Å². The van der Waals surface area contributed by atoms with E-state index in [9.17, 15) is 5.11 Å². The van der Waals surface area contributed by atoms with E-state index in [1.165, 1.54) is 0 Å². The molecule has 0 bridgehead atoms. The van der Waals surface area contributed by atoms with Crippen molar-refractivity contribution in [1.82, 2.24) is 5.32 Å². The van der Waals surface area contributed by atoms with Gasteiger partial charge in [-0.1, -0.05) is 0 Å². The first-order valence-electron chi connectivity index (χ1n) is 7.27. The van der Waals surface area contributed by atoms with Crippen LogP contribution in [0.25, 0.3) is 0 Å². The molecule has 0 aromatic heterocycles. The summed E-state index contributed by atoms with van der Waals surface area (Å²) in [6.07, 6.45) is 2.73. The van der Waals surface area contributed by atoms with Gasteiger partial charge in [0.25, 0.3) is 0 Å². The molecule has 5 nitrogen and oxygen atoms in total. The van der Waals surface area contributed by atoms with Gasteiger partial charge in [0.15, 0.2) is 0 Å². The maximum atomic E-state index is 9.79. The van der Waals surface area contributed by atoms with Crippen molar-refractivity contribution in [2.75, 3.05) is 33.4 Å². The van der Waals surface area contributed by atoms with Crippen molar-refractivity contribution < 1.29 is 14.6 Å². The zero-order valence-electron chi connectivity index (χ0n) is 12.5. The van der Waals surface area contributed by atoms with E-state index < -0.39 is 6.10 Å². The molecule has 116 valence electrons. The molecule has 0 fully saturated rings. The number of nitrogens with zero attached hydrogens (tertiary/aromatic N) is 1. The number of unbranched alkanes of at least 4 members (excludes halogenated alkanes) is 2. The Bertz CT molecular complexity index is 415. The van der Waals surface area contributed by atoms with Gasteiger partial charge >= 0.3 is 0 Å². The second-order valence-corrected chi connectivity index (χ2v) is 4.86. The lowest BCUT2D eigenvalue weighted by Gasteiger charge is -2.13. The Kier molecular flexibility index (Phi) is 9.21. The van der Waals surface area contributed by atoms with Crippen molar-refractivity contribution in [2.45, 2.75) is 25.4 Å². The van der Waals surface area contributed by atoms with Gasteiger partial charge in [0.05, 0.1) is 11.6 Å². The molecule has 1 aromatic rings. The van der Waals surface area contributed by atoms with Crippen molar-refractivity contribution in [3.63, 3.8) is 0 Å². The smallest absolute Gasteiger partial charge is 0.119 e. The van der Waals surface area contributed by atoms with Gasteiger partial charge < -0.3 is 19.9 Å². The Balaban J connectivity index is 2.05. The van der Waals surface area contributed by atoms with Crippen molar-refractivity contribution in [1.29, 1.82) is 5.26 Å². The lowest BCUT2D eigenvalue weighted by molar-refractivity contribution is 0.106. The number of aliphatic hydroxyl groups excluding tert-OH is 1. The third-order valence-corrected chi connectivity index (χ3v) is 3.01. The molecular formula is C16H24N2O3. The third-order valence-electron chi connectivity index (χ3n) is 3.01. The SMILES string of the molecule is COCCCCCNCC(O)COc1ccc(C#N)cc1. The van der Waals surface area contributed by atoms with E-state index in [2.05, 4.69) is 5.32 Å². The van der Waals surface area contributed by atoms with Crippen LogP contribution in [0, 0.1) is 11.3 Å². The molecule has 0 aliphatic heterocycles. The summed E-state index contributed by atoms with van der Waals surface area (Å²) in [4.78, 5) is 0. The molecule has 0 aliphatic rings. The van der Waals surface area contributed by atoms with Crippen LogP contribution in [-0.2, 0) is 4.74 Å². The standard InChI is InChI=1S/C16H24N2O3/c1-20-10-4-2-3-9-18-12-15(19)13-21-16-7-5-14(11-17)6-8-16/h5-8,15,18-19H,2-4,9-10,12-13H2,1H3. The Morgan fingerprint density at radius 2 is 2.00 bits per heavy atom. The maximum Gasteiger partial charge on any atom is 0.119 e. The van der Waals surface area contributed by atoms with Crippen LogP contribution >= 0.6 is 0 Å². The summed E-state index contributed by atoms with van der Waals surface area (Å²) in [5.41, 5.74) is 0.595. The minimum atomic E-state index is -0.542. The number of hydrogen-bond donors (Lipinski definition) is 2. The highest BCUT2D eigenvalue weighted by Gasteiger charge is 2.04. The van der Waals surface area contributed by atoms with Crippen LogP contribution in [0.2, 0.25) is 0 Å². The Morgan fingerprint density at radius 3 is 2.67 bits per heavy atom. The number of rotatable bonds is 11. The Labute approximate surface area is 126 Å². The average Bonchev–Trinajstić information content (AvgIpc) is 2.52. The largest absolute Gasteiger partial charge is 0.491 e. The summed E-state index contributed by atoms with van der Waals surface area (Å²) in [6, 6.07) is 8.90. The van der Waals surface area contributed by atoms with Crippen LogP contribution in [-0.4, -0.2) is 44.6 Å². The molecule has 1 rings (SSSR count). The van der Waals surface area contributed by atoms with Crippen LogP contribution in [0.4, 0.5) is 0 Å². The van der Waals surface area contributed by atoms with Crippen molar-refractivity contribution in [3.05, 3.63) is 29.8 Å². The predicted molar refractivity (Wildman–Crippen MR) is 81.3 cm³/mol. The quantitative estimate of drug-likeness (QED) is 0.607. The van der Waals surface area contributed by atoms with Gasteiger partial charge in [0.2, 0.25) is 0 Å². The normalized spacial score (nSPS) is 11.9. The summed E-state index contributed by atoms with van der Waals surface area (Å²) in [6.45, 7) is 2.45. The number of hydrogen-bond acceptors (Lipinski definition) is 5. The molecule has 1 atom stereocenters. The van der Waals surface area contributed by atoms with Gasteiger partial charge in [-0.05, 0) is 50.1 Å². The second kappa shape index (κ2) is 11.1. The fourth-order valence-corrected chi connectivity index (χ4v) is 1.82. The average molecular weight is 292 g/mol. The van der Waals surface area contributed by atoms with E-state index in [4.69, 9.17) is 14.7 Å². The molecule has 0 saturated carbocycles. The fourth-order valence-electron chi connectivity index (χ4n) is 1.82. The second-order valence-electron chi connectivity index (χ2n) is 4.86. The van der Waals surface area contributed by atoms with Gasteiger partial charge in [-0.15, -0.1) is 0 Å². The first-order valence-corrected chi connectivity index (χ1v) is 7.27. The highest BCUT2D eigenvalue weighted by atomic mass is 16.5. The molecule has 1 unspecified atom stereocenters. The third kappa shape index (κ3) is 8.30. The minimum absolute atomic E-state index is 0.239. The molecule has 0 radical (unpaired) electrons. The molecule has 5 heteroatoms. The van der Waals surface area contributed by atoms with E-state index in [1.807, 2.05) is 6.07 Å². The summed E-state index contributed by atoms with van der Waals surface area (Å²) in [7, 11) is 1.71. The number of ether oxygens (including phenoxy) is 2. The van der Waals surface area contributed by atoms with Crippen LogP contribution in [0.1, 0.15) is 24.8 Å². The number of nitriles is 1. The van der Waals surface area contributed by atoms with E-state index in [0.29, 0.717) is 17.9 Å². The van der Waals surface area contributed by atoms with E-state index in [0.717, 1.165) is 32.4 Å². The zero-order valence-corrected chi connectivity index (χ0v) is 12.5. The molecule has 0 aliphatic carbocycles. The number of methoxy groups -OCH3 is 1. The highest BCUT2D eigenvalue weighted by Crippen LogP contribution is 2.11. The summed E-state index contributed by atoms with van der Waals surface area (Å²) in [5, 5.41) is 21.7. The highest BCUT2D eigenvalue weighted by molar-refractivity contribution is 5.34. The topological polar surface area (TPSA) is 74.5 Å². The zero-order chi connectivity index (χ0) is 15.3. The summed E-state index contributed by atoms with van der Waals surface area (Å²) in [5.74, 6) is 0.660. The van der Waals surface area contributed by atoms with Gasteiger partial charge in [-0.3, -0.25) is 0 Å². The fraction of sp³-hybridized carbons (Fsp3) is 0.562. The molecule has 0 spiro atoms. The van der Waals surface area contributed by atoms with Gasteiger partial charge in [-0.25, -0.2) is 0 Å². The van der Waals surface area contributed by atoms with Gasteiger partial charge in [0.1, 0.15) is 18.5 Å². The summed E-state index contributed by atoms with van der Waals surface area (Å²) < 4.78 is 10.4. The summed E-state index contributed by atoms with van der Waals surface area (Å²) >= 11 is 0. The molecular weight excluding hydrogens is 268 g/mol. The molecule has 2 N–H and O–H groups in total. The minimum Gasteiger partial charge on any atom is -0.491 e. The molecule has 1 aromatic carbocycles. The van der Waals surface area contributed by atoms with Gasteiger partial charge in [-0.2, -0.15) is 5.26 Å². The van der Waals surface area contributed by atoms with E-state index in [-0.39, 0.29) is 6.61 Å². The monoisotopic (exact) mass is 292 g/mol. The van der Waals surface area contributed by atoms with Crippen LogP contribution in [0.3, 0.4) is 0 Å². The van der Waals surface area contributed by atoms with E-state index >= 15 is 0 Å². The molecule has 0 heterocycles. The van der Waals surface area contributed by atoms with Crippen LogP contribution < -0.4 is 10.1 Å². The number of aliphatic hydroxyl groups is 1. The maximum absolute atomic E-state index is 9.79. The van der Waals surface area contributed by atoms with Gasteiger partial charge in [0, 0.05) is 20.3 Å². The first-order chi connectivity index (χ1) is 10.3. The van der Waals surface area contributed by atoms with Crippen LogP contribution in [0.15, 0.2) is 24.3 Å². The van der Waals surface area contributed by atoms with Crippen molar-refractivity contribution in [3.8, 4) is 11.8 Å². The Hall–Kier alpha value is -1.61. The molecule has 0 saturated heterocycles. The lowest BCUT2D eigenvalue weighted by Crippen LogP contribution is -2.32. The van der Waals surface area contributed by atoms with Crippen molar-refractivity contribution >= 4 is 0 Å². The molecule has 21 heavy (non-hydrogen) atoms. The lowest BCUT2D eigenvalue weighted by atomic mass is 10.2. The number of nitrogens with one attached hydrogen (secondary N) is 1. The molecule has 0 amide bonds. The van der Waals surface area contributed by atoms with E-state index in [1.54, 1.807) is 31.4 Å². The predicted octanol–water partition coefficient (Wildman–Crippen LogP) is 1.70. The Morgan fingerprint density at radius 1 is 1.24 bits per heavy atom.